The summed E-state index contributed by atoms with van der Waals surface area (Å²) in [6, 6.07) is 5.10. The highest BCUT2D eigenvalue weighted by Crippen LogP contribution is 2.30. The number of carbonyl (C=O) groups excluding carboxylic acids is 2. The van der Waals surface area contributed by atoms with Crippen LogP contribution in [0.1, 0.15) is 50.4 Å². The molecule has 1 N–H and O–H groups in total. The van der Waals surface area contributed by atoms with Gasteiger partial charge in [0.2, 0.25) is 0 Å². The Hall–Kier alpha value is -2.44. The molecule has 0 radical (unpaired) electrons. The molecule has 0 unspecified atom stereocenters. The van der Waals surface area contributed by atoms with Crippen LogP contribution in [-0.4, -0.2) is 54.8 Å². The second-order valence-corrected chi connectivity index (χ2v) is 7.89. The van der Waals surface area contributed by atoms with Crippen LogP contribution in [0, 0.1) is 0 Å². The van der Waals surface area contributed by atoms with Crippen molar-refractivity contribution in [1.82, 2.24) is 10.2 Å². The number of likely N-dealkylation sites (tertiary alicyclic amines) is 1. The standard InChI is InChI=1S/C20H28N2O5/c1-20(2,3)27-19(24)22-9-5-4-6-15(22)13-21-18(23)14-7-8-16-17(12-14)26-11-10-25-16/h7-8,12,15H,4-6,9-11,13H2,1-3H3,(H,21,23)/t15-/m0/s1. The molecular weight excluding hydrogens is 348 g/mol. The van der Waals surface area contributed by atoms with Crippen molar-refractivity contribution in [2.45, 2.75) is 51.7 Å². The second-order valence-electron chi connectivity index (χ2n) is 7.89. The van der Waals surface area contributed by atoms with Gasteiger partial charge in [0.25, 0.3) is 5.91 Å². The minimum atomic E-state index is -0.534. The number of hydrogen-bond acceptors (Lipinski definition) is 5. The Labute approximate surface area is 160 Å². The highest BCUT2D eigenvalue weighted by molar-refractivity contribution is 5.95. The van der Waals surface area contributed by atoms with Crippen LogP contribution in [-0.2, 0) is 4.74 Å². The van der Waals surface area contributed by atoms with E-state index in [9.17, 15) is 9.59 Å². The molecule has 1 atom stereocenters. The van der Waals surface area contributed by atoms with Gasteiger partial charge in [-0.15, -0.1) is 0 Å². The normalized spacial score (nSPS) is 19.4. The molecule has 2 heterocycles. The fraction of sp³-hybridized carbons (Fsp3) is 0.600. The van der Waals surface area contributed by atoms with Gasteiger partial charge in [-0.3, -0.25) is 4.79 Å². The topological polar surface area (TPSA) is 77.1 Å². The number of ether oxygens (including phenoxy) is 3. The van der Waals surface area contributed by atoms with Gasteiger partial charge in [0, 0.05) is 18.7 Å². The van der Waals surface area contributed by atoms with Gasteiger partial charge >= 0.3 is 6.09 Å². The largest absolute Gasteiger partial charge is 0.486 e. The summed E-state index contributed by atoms with van der Waals surface area (Å²) in [5.74, 6) is 1.05. The van der Waals surface area contributed by atoms with Crippen LogP contribution >= 0.6 is 0 Å². The van der Waals surface area contributed by atoms with E-state index in [1.54, 1.807) is 23.1 Å². The van der Waals surface area contributed by atoms with Crippen molar-refractivity contribution in [2.75, 3.05) is 26.3 Å². The van der Waals surface area contributed by atoms with Gasteiger partial charge in [-0.25, -0.2) is 4.79 Å². The molecule has 27 heavy (non-hydrogen) atoms. The number of carbonyl (C=O) groups is 2. The van der Waals surface area contributed by atoms with E-state index < -0.39 is 5.60 Å². The third-order valence-electron chi connectivity index (χ3n) is 4.56. The van der Waals surface area contributed by atoms with Gasteiger partial charge in [-0.1, -0.05) is 0 Å². The summed E-state index contributed by atoms with van der Waals surface area (Å²) in [5, 5.41) is 2.94. The minimum Gasteiger partial charge on any atom is -0.486 e. The van der Waals surface area contributed by atoms with Crippen LogP contribution in [0.2, 0.25) is 0 Å². The Morgan fingerprint density at radius 1 is 1.19 bits per heavy atom. The van der Waals surface area contributed by atoms with Crippen LogP contribution in [0.3, 0.4) is 0 Å². The van der Waals surface area contributed by atoms with E-state index >= 15 is 0 Å². The summed E-state index contributed by atoms with van der Waals surface area (Å²) < 4.78 is 16.5. The van der Waals surface area contributed by atoms with Crippen molar-refractivity contribution < 1.29 is 23.8 Å². The van der Waals surface area contributed by atoms with Gasteiger partial charge in [-0.2, -0.15) is 0 Å². The van der Waals surface area contributed by atoms with E-state index in [0.29, 0.717) is 43.4 Å². The molecule has 2 aliphatic heterocycles. The molecule has 7 nitrogen and oxygen atoms in total. The molecule has 2 aliphatic rings. The lowest BCUT2D eigenvalue weighted by atomic mass is 10.0. The summed E-state index contributed by atoms with van der Waals surface area (Å²) in [5.41, 5.74) is -0.0213. The van der Waals surface area contributed by atoms with Crippen molar-refractivity contribution >= 4 is 12.0 Å². The molecule has 0 aromatic heterocycles. The van der Waals surface area contributed by atoms with E-state index in [1.807, 2.05) is 20.8 Å². The summed E-state index contributed by atoms with van der Waals surface area (Å²) in [7, 11) is 0. The Morgan fingerprint density at radius 2 is 1.93 bits per heavy atom. The average Bonchev–Trinajstić information content (AvgIpc) is 2.64. The number of benzene rings is 1. The van der Waals surface area contributed by atoms with Crippen molar-refractivity contribution in [3.05, 3.63) is 23.8 Å². The maximum Gasteiger partial charge on any atom is 0.410 e. The number of fused-ring (bicyclic) bond motifs is 1. The molecule has 0 saturated carbocycles. The summed E-state index contributed by atoms with van der Waals surface area (Å²) in [6.07, 6.45) is 2.51. The molecule has 0 spiro atoms. The number of rotatable bonds is 3. The molecule has 1 saturated heterocycles. The highest BCUT2D eigenvalue weighted by Gasteiger charge is 2.30. The van der Waals surface area contributed by atoms with Crippen LogP contribution in [0.4, 0.5) is 4.79 Å². The fourth-order valence-corrected chi connectivity index (χ4v) is 3.27. The maximum absolute atomic E-state index is 12.5. The number of amides is 2. The van der Waals surface area contributed by atoms with Crippen LogP contribution in [0.25, 0.3) is 0 Å². The van der Waals surface area contributed by atoms with E-state index in [0.717, 1.165) is 19.3 Å². The minimum absolute atomic E-state index is 0.0604. The number of piperidine rings is 1. The Morgan fingerprint density at radius 3 is 2.67 bits per heavy atom. The zero-order valence-corrected chi connectivity index (χ0v) is 16.2. The number of hydrogen-bond donors (Lipinski definition) is 1. The molecule has 7 heteroatoms. The summed E-state index contributed by atoms with van der Waals surface area (Å²) >= 11 is 0. The molecule has 1 fully saturated rings. The monoisotopic (exact) mass is 376 g/mol. The molecule has 1 aromatic rings. The average molecular weight is 376 g/mol. The quantitative estimate of drug-likeness (QED) is 0.878. The first-order valence-corrected chi connectivity index (χ1v) is 9.51. The first-order valence-electron chi connectivity index (χ1n) is 9.51. The first kappa shape index (κ1) is 19.3. The number of nitrogens with zero attached hydrogens (tertiary/aromatic N) is 1. The molecule has 0 bridgehead atoms. The van der Waals surface area contributed by atoms with Crippen molar-refractivity contribution in [3.63, 3.8) is 0 Å². The van der Waals surface area contributed by atoms with Gasteiger partial charge in [-0.05, 0) is 58.2 Å². The van der Waals surface area contributed by atoms with Crippen molar-refractivity contribution in [1.29, 1.82) is 0 Å². The smallest absolute Gasteiger partial charge is 0.410 e. The lowest BCUT2D eigenvalue weighted by Gasteiger charge is -2.36. The van der Waals surface area contributed by atoms with Crippen LogP contribution in [0.5, 0.6) is 11.5 Å². The van der Waals surface area contributed by atoms with E-state index in [4.69, 9.17) is 14.2 Å². The molecule has 148 valence electrons. The Bertz CT molecular complexity index is 698. The highest BCUT2D eigenvalue weighted by atomic mass is 16.6. The Balaban J connectivity index is 1.60. The SMILES string of the molecule is CC(C)(C)OC(=O)N1CCCC[C@H]1CNC(=O)c1ccc2c(c1)OCCO2. The van der Waals surface area contributed by atoms with Gasteiger partial charge in [0.15, 0.2) is 11.5 Å². The first-order chi connectivity index (χ1) is 12.8. The van der Waals surface area contributed by atoms with Gasteiger partial charge in [0.05, 0.1) is 6.04 Å². The van der Waals surface area contributed by atoms with E-state index in [-0.39, 0.29) is 18.0 Å². The van der Waals surface area contributed by atoms with Crippen LogP contribution in [0.15, 0.2) is 18.2 Å². The zero-order chi connectivity index (χ0) is 19.4. The molecular formula is C20H28N2O5. The van der Waals surface area contributed by atoms with Crippen molar-refractivity contribution in [2.24, 2.45) is 0 Å². The number of nitrogens with one attached hydrogen (secondary N) is 1. The lowest BCUT2D eigenvalue weighted by molar-refractivity contribution is 0.00986. The molecule has 1 aromatic carbocycles. The molecule has 0 aliphatic carbocycles. The molecule has 3 rings (SSSR count). The van der Waals surface area contributed by atoms with E-state index in [1.165, 1.54) is 0 Å². The Kier molecular flexibility index (Phi) is 5.77. The molecule has 2 amide bonds. The van der Waals surface area contributed by atoms with Crippen molar-refractivity contribution in [3.8, 4) is 11.5 Å². The third kappa shape index (κ3) is 5.05. The maximum atomic E-state index is 12.5. The second kappa shape index (κ2) is 8.06. The van der Waals surface area contributed by atoms with E-state index in [2.05, 4.69) is 5.32 Å². The summed E-state index contributed by atoms with van der Waals surface area (Å²) in [6.45, 7) is 7.60. The van der Waals surface area contributed by atoms with Crippen LogP contribution < -0.4 is 14.8 Å². The van der Waals surface area contributed by atoms with Gasteiger partial charge in [0.1, 0.15) is 18.8 Å². The van der Waals surface area contributed by atoms with Gasteiger partial charge < -0.3 is 24.4 Å². The zero-order valence-electron chi connectivity index (χ0n) is 16.2. The fourth-order valence-electron chi connectivity index (χ4n) is 3.27. The third-order valence-corrected chi connectivity index (χ3v) is 4.56. The predicted octanol–water partition coefficient (Wildman–Crippen LogP) is 2.98. The summed E-state index contributed by atoms with van der Waals surface area (Å²) in [4.78, 5) is 26.7. The predicted molar refractivity (Wildman–Crippen MR) is 100 cm³/mol. The lowest BCUT2D eigenvalue weighted by Crippen LogP contribution is -2.50.